The number of urea groups is 1. The van der Waals surface area contributed by atoms with Gasteiger partial charge in [0.2, 0.25) is 0 Å². The van der Waals surface area contributed by atoms with Crippen LogP contribution in [0.5, 0.6) is 0 Å². The molecule has 3 N–H and O–H groups in total. The van der Waals surface area contributed by atoms with Crippen LogP contribution in [-0.2, 0) is 6.54 Å². The number of thiazole rings is 1. The number of nitrogens with two attached hydrogens (primary N) is 1. The summed E-state index contributed by atoms with van der Waals surface area (Å²) in [6, 6.07) is 3.92. The number of anilines is 2. The van der Waals surface area contributed by atoms with E-state index in [1.54, 1.807) is 12.4 Å². The second kappa shape index (κ2) is 6.61. The molecular formula is C14H18N6OS. The fraction of sp³-hybridized carbons (Fsp3) is 0.357. The molecule has 0 atom stereocenters. The lowest BCUT2D eigenvalue weighted by atomic mass is 10.3. The Morgan fingerprint density at radius 1 is 1.27 bits per heavy atom. The molecule has 22 heavy (non-hydrogen) atoms. The molecule has 2 amide bonds. The Hall–Kier alpha value is -2.35. The number of rotatable bonds is 3. The molecule has 0 aromatic carbocycles. The topological polar surface area (TPSA) is 87.4 Å². The maximum absolute atomic E-state index is 12.2. The Labute approximate surface area is 132 Å². The third-order valence-electron chi connectivity index (χ3n) is 3.58. The van der Waals surface area contributed by atoms with E-state index >= 15 is 0 Å². The molecule has 2 aromatic heterocycles. The van der Waals surface area contributed by atoms with E-state index in [-0.39, 0.29) is 6.03 Å². The quantitative estimate of drug-likeness (QED) is 0.886. The normalized spacial score (nSPS) is 14.9. The van der Waals surface area contributed by atoms with Crippen LogP contribution in [0.3, 0.4) is 0 Å². The van der Waals surface area contributed by atoms with Crippen molar-refractivity contribution in [2.45, 2.75) is 6.54 Å². The van der Waals surface area contributed by atoms with Crippen LogP contribution < -0.4 is 16.0 Å². The third-order valence-corrected chi connectivity index (χ3v) is 4.31. The molecule has 116 valence electrons. The molecule has 0 unspecified atom stereocenters. The number of hydrogen-bond donors (Lipinski definition) is 2. The number of carbonyl (C=O) groups is 1. The summed E-state index contributed by atoms with van der Waals surface area (Å²) in [6.45, 7) is 3.46. The van der Waals surface area contributed by atoms with Crippen LogP contribution in [-0.4, -0.2) is 47.1 Å². The van der Waals surface area contributed by atoms with Crippen LogP contribution >= 0.6 is 11.3 Å². The van der Waals surface area contributed by atoms with E-state index in [1.807, 2.05) is 22.4 Å². The van der Waals surface area contributed by atoms with Crippen LogP contribution in [0.4, 0.5) is 15.6 Å². The van der Waals surface area contributed by atoms with Crippen molar-refractivity contribution < 1.29 is 4.79 Å². The Kier molecular flexibility index (Phi) is 4.38. The SMILES string of the molecule is Nc1nc(CNC(=O)N2CCN(c3ccncc3)CC2)cs1. The summed E-state index contributed by atoms with van der Waals surface area (Å²) in [6.07, 6.45) is 3.57. The van der Waals surface area contributed by atoms with Gasteiger partial charge in [-0.3, -0.25) is 4.98 Å². The van der Waals surface area contributed by atoms with Crippen LogP contribution in [0.25, 0.3) is 0 Å². The van der Waals surface area contributed by atoms with Gasteiger partial charge in [-0.05, 0) is 12.1 Å². The molecular weight excluding hydrogens is 300 g/mol. The van der Waals surface area contributed by atoms with Gasteiger partial charge in [-0.2, -0.15) is 0 Å². The second-order valence-corrected chi connectivity index (χ2v) is 5.90. The number of aromatic nitrogens is 2. The lowest BCUT2D eigenvalue weighted by Gasteiger charge is -2.35. The summed E-state index contributed by atoms with van der Waals surface area (Å²) in [5.74, 6) is 0. The predicted octanol–water partition coefficient (Wildman–Crippen LogP) is 1.15. The fourth-order valence-corrected chi connectivity index (χ4v) is 2.97. The van der Waals surface area contributed by atoms with Crippen LogP contribution in [0.2, 0.25) is 0 Å². The minimum Gasteiger partial charge on any atom is -0.375 e. The molecule has 0 radical (unpaired) electrons. The van der Waals surface area contributed by atoms with Crippen molar-refractivity contribution in [1.29, 1.82) is 0 Å². The summed E-state index contributed by atoms with van der Waals surface area (Å²) >= 11 is 1.38. The third kappa shape index (κ3) is 3.45. The summed E-state index contributed by atoms with van der Waals surface area (Å²) in [5.41, 5.74) is 7.52. The number of amides is 2. The summed E-state index contributed by atoms with van der Waals surface area (Å²) < 4.78 is 0. The number of hydrogen-bond acceptors (Lipinski definition) is 6. The number of carbonyl (C=O) groups excluding carboxylic acids is 1. The highest BCUT2D eigenvalue weighted by molar-refractivity contribution is 7.13. The van der Waals surface area contributed by atoms with E-state index in [1.165, 1.54) is 11.3 Å². The minimum absolute atomic E-state index is 0.0547. The van der Waals surface area contributed by atoms with Gasteiger partial charge in [0.1, 0.15) is 0 Å². The average molecular weight is 318 g/mol. The Morgan fingerprint density at radius 2 is 2.00 bits per heavy atom. The first kappa shape index (κ1) is 14.6. The van der Waals surface area contributed by atoms with Crippen molar-refractivity contribution in [1.82, 2.24) is 20.2 Å². The molecule has 1 aliphatic heterocycles. The van der Waals surface area contributed by atoms with Gasteiger partial charge in [0.15, 0.2) is 5.13 Å². The predicted molar refractivity (Wildman–Crippen MR) is 86.8 cm³/mol. The highest BCUT2D eigenvalue weighted by atomic mass is 32.1. The molecule has 3 heterocycles. The Morgan fingerprint density at radius 3 is 2.64 bits per heavy atom. The minimum atomic E-state index is -0.0547. The Bertz CT molecular complexity index is 623. The van der Waals surface area contributed by atoms with E-state index in [0.717, 1.165) is 24.5 Å². The summed E-state index contributed by atoms with van der Waals surface area (Å²) in [7, 11) is 0. The van der Waals surface area contributed by atoms with Crippen molar-refractivity contribution >= 4 is 28.2 Å². The summed E-state index contributed by atoms with van der Waals surface area (Å²) in [4.78, 5) is 24.4. The van der Waals surface area contributed by atoms with Crippen molar-refractivity contribution in [3.8, 4) is 0 Å². The highest BCUT2D eigenvalue weighted by Crippen LogP contribution is 2.15. The van der Waals surface area contributed by atoms with E-state index < -0.39 is 0 Å². The summed E-state index contributed by atoms with van der Waals surface area (Å²) in [5, 5.41) is 5.27. The fourth-order valence-electron chi connectivity index (χ4n) is 2.40. The van der Waals surface area contributed by atoms with Gasteiger partial charge in [-0.25, -0.2) is 9.78 Å². The van der Waals surface area contributed by atoms with E-state index in [0.29, 0.717) is 24.8 Å². The van der Waals surface area contributed by atoms with Gasteiger partial charge in [0.05, 0.1) is 12.2 Å². The number of nitrogens with zero attached hydrogens (tertiary/aromatic N) is 4. The zero-order valence-corrected chi connectivity index (χ0v) is 12.9. The van der Waals surface area contributed by atoms with Gasteiger partial charge in [0, 0.05) is 49.6 Å². The van der Waals surface area contributed by atoms with E-state index in [9.17, 15) is 4.79 Å². The van der Waals surface area contributed by atoms with Crippen molar-refractivity contribution in [3.63, 3.8) is 0 Å². The molecule has 0 saturated carbocycles. The standard InChI is InChI=1S/C14H18N6OS/c15-13-18-11(10-22-13)9-17-14(21)20-7-5-19(6-8-20)12-1-3-16-4-2-12/h1-4,10H,5-9H2,(H2,15,18)(H,17,21). The smallest absolute Gasteiger partial charge is 0.317 e. The van der Waals surface area contributed by atoms with E-state index in [4.69, 9.17) is 5.73 Å². The highest BCUT2D eigenvalue weighted by Gasteiger charge is 2.21. The van der Waals surface area contributed by atoms with Crippen LogP contribution in [0.1, 0.15) is 5.69 Å². The first-order valence-electron chi connectivity index (χ1n) is 7.10. The lowest BCUT2D eigenvalue weighted by Crippen LogP contribution is -2.51. The molecule has 0 aliphatic carbocycles. The zero-order chi connectivity index (χ0) is 15.4. The molecule has 8 heteroatoms. The molecule has 1 fully saturated rings. The average Bonchev–Trinajstić information content (AvgIpc) is 2.99. The lowest BCUT2D eigenvalue weighted by molar-refractivity contribution is 0.194. The maximum Gasteiger partial charge on any atom is 0.317 e. The van der Waals surface area contributed by atoms with Crippen LogP contribution in [0, 0.1) is 0 Å². The van der Waals surface area contributed by atoms with E-state index in [2.05, 4.69) is 20.2 Å². The molecule has 3 rings (SSSR count). The number of pyridine rings is 1. The van der Waals surface area contributed by atoms with Gasteiger partial charge < -0.3 is 20.9 Å². The second-order valence-electron chi connectivity index (χ2n) is 5.02. The van der Waals surface area contributed by atoms with Gasteiger partial charge in [-0.15, -0.1) is 11.3 Å². The van der Waals surface area contributed by atoms with Crippen molar-refractivity contribution in [3.05, 3.63) is 35.6 Å². The molecule has 1 aliphatic rings. The molecule has 7 nitrogen and oxygen atoms in total. The number of piperazine rings is 1. The van der Waals surface area contributed by atoms with Crippen molar-refractivity contribution in [2.24, 2.45) is 0 Å². The number of nitrogens with one attached hydrogen (secondary N) is 1. The van der Waals surface area contributed by atoms with Gasteiger partial charge >= 0.3 is 6.03 Å². The first-order chi connectivity index (χ1) is 10.7. The van der Waals surface area contributed by atoms with Gasteiger partial charge in [-0.1, -0.05) is 0 Å². The van der Waals surface area contributed by atoms with Gasteiger partial charge in [0.25, 0.3) is 0 Å². The van der Waals surface area contributed by atoms with Crippen molar-refractivity contribution in [2.75, 3.05) is 36.8 Å². The molecule has 2 aromatic rings. The molecule has 0 spiro atoms. The van der Waals surface area contributed by atoms with Crippen LogP contribution in [0.15, 0.2) is 29.9 Å². The molecule has 0 bridgehead atoms. The number of nitrogen functional groups attached to an aromatic ring is 1. The molecule has 1 saturated heterocycles. The monoisotopic (exact) mass is 318 g/mol. The largest absolute Gasteiger partial charge is 0.375 e. The zero-order valence-electron chi connectivity index (χ0n) is 12.1. The Balaban J connectivity index is 1.47. The maximum atomic E-state index is 12.2. The first-order valence-corrected chi connectivity index (χ1v) is 7.98.